The van der Waals surface area contributed by atoms with E-state index in [1.165, 1.54) is 15.5 Å². The minimum absolute atomic E-state index is 0.0542. The number of ether oxygens (including phenoxy) is 2. The van der Waals surface area contributed by atoms with Crippen LogP contribution in [0.5, 0.6) is 0 Å². The Bertz CT molecular complexity index is 1490. The van der Waals surface area contributed by atoms with Gasteiger partial charge in [-0.15, -0.1) is 0 Å². The van der Waals surface area contributed by atoms with Gasteiger partial charge >= 0.3 is 12.2 Å². The van der Waals surface area contributed by atoms with E-state index in [0.717, 1.165) is 23.5 Å². The molecule has 0 saturated heterocycles. The van der Waals surface area contributed by atoms with Gasteiger partial charge in [-0.3, -0.25) is 9.48 Å². The van der Waals surface area contributed by atoms with Crippen LogP contribution in [0.2, 0.25) is 0 Å². The average molecular weight is 633 g/mol. The first-order valence-corrected chi connectivity index (χ1v) is 15.3. The van der Waals surface area contributed by atoms with Gasteiger partial charge in [0.1, 0.15) is 11.2 Å². The zero-order chi connectivity index (χ0) is 34.1. The molecule has 0 radical (unpaired) electrons. The van der Waals surface area contributed by atoms with Crippen molar-refractivity contribution in [2.75, 3.05) is 20.6 Å². The Kier molecular flexibility index (Phi) is 12.1. The molecule has 0 unspecified atom stereocenters. The standard InChI is InChI=1S/C18H25N3O2.C17H23N3O3/c1-14-11-16(13-20(5)17(22)23-18(2,3)4)19-21(14)12-15-9-7-6-8-10-15;1-17(2,3)23-16(22)19(4)12-14-10-15(21)20(18-14)11-13-8-6-5-7-9-13/h6-11H,12-13H2,1-5H3;5-9H,10-12H2,1-4H3. The van der Waals surface area contributed by atoms with Crippen LogP contribution in [0.4, 0.5) is 9.59 Å². The van der Waals surface area contributed by atoms with Crippen molar-refractivity contribution >= 4 is 23.8 Å². The molecule has 46 heavy (non-hydrogen) atoms. The molecule has 1 aliphatic heterocycles. The molecule has 2 heterocycles. The lowest BCUT2D eigenvalue weighted by molar-refractivity contribution is -0.129. The zero-order valence-corrected chi connectivity index (χ0v) is 28.6. The third-order valence-electron chi connectivity index (χ3n) is 6.52. The lowest BCUT2D eigenvalue weighted by atomic mass is 10.2. The fourth-order valence-electron chi connectivity index (χ4n) is 4.39. The molecular weight excluding hydrogens is 584 g/mol. The fourth-order valence-corrected chi connectivity index (χ4v) is 4.39. The van der Waals surface area contributed by atoms with Crippen molar-refractivity contribution in [3.8, 4) is 0 Å². The molecule has 0 fully saturated rings. The Morgan fingerprint density at radius 1 is 0.783 bits per heavy atom. The first-order chi connectivity index (χ1) is 21.5. The van der Waals surface area contributed by atoms with Crippen molar-refractivity contribution in [3.63, 3.8) is 0 Å². The highest BCUT2D eigenvalue weighted by atomic mass is 16.6. The van der Waals surface area contributed by atoms with Gasteiger partial charge in [-0.2, -0.15) is 10.2 Å². The predicted molar refractivity (Wildman–Crippen MR) is 178 cm³/mol. The summed E-state index contributed by atoms with van der Waals surface area (Å²) in [6.07, 6.45) is -0.526. The maximum absolute atomic E-state index is 12.0. The fraction of sp³-hybridized carbons (Fsp3) is 0.457. The molecule has 1 aromatic heterocycles. The highest BCUT2D eigenvalue weighted by Gasteiger charge is 2.27. The van der Waals surface area contributed by atoms with Gasteiger partial charge in [-0.25, -0.2) is 14.6 Å². The number of carbonyl (C=O) groups is 3. The van der Waals surface area contributed by atoms with E-state index in [1.54, 1.807) is 19.0 Å². The summed E-state index contributed by atoms with van der Waals surface area (Å²) in [6, 6.07) is 21.9. The number of carbonyl (C=O) groups excluding carboxylic acids is 3. The van der Waals surface area contributed by atoms with E-state index in [0.29, 0.717) is 18.8 Å². The molecular formula is C35H48N6O5. The number of hydrogen-bond acceptors (Lipinski definition) is 7. The SMILES string of the molecule is CN(CC1=NN(Cc2ccccc2)C(=O)C1)C(=O)OC(C)(C)C.Cc1cc(CN(C)C(=O)OC(C)(C)C)nn1Cc1ccccc1. The normalized spacial score (nSPS) is 13.0. The highest BCUT2D eigenvalue weighted by molar-refractivity contribution is 6.06. The van der Waals surface area contributed by atoms with E-state index >= 15 is 0 Å². The van der Waals surface area contributed by atoms with Gasteiger partial charge in [0, 0.05) is 19.8 Å². The lowest BCUT2D eigenvalue weighted by Gasteiger charge is -2.24. The van der Waals surface area contributed by atoms with Gasteiger partial charge in [0.15, 0.2) is 0 Å². The summed E-state index contributed by atoms with van der Waals surface area (Å²) in [5.74, 6) is -0.0542. The molecule has 0 atom stereocenters. The van der Waals surface area contributed by atoms with E-state index in [1.807, 2.05) is 108 Å². The summed E-state index contributed by atoms with van der Waals surface area (Å²) in [6.45, 7) is 14.9. The molecule has 2 aromatic carbocycles. The number of amides is 3. The average Bonchev–Trinajstić information content (AvgIpc) is 3.47. The third kappa shape index (κ3) is 12.0. The van der Waals surface area contributed by atoms with Gasteiger partial charge in [0.25, 0.3) is 0 Å². The number of hydrogen-bond donors (Lipinski definition) is 0. The van der Waals surface area contributed by atoms with Crippen molar-refractivity contribution in [2.24, 2.45) is 5.10 Å². The zero-order valence-electron chi connectivity index (χ0n) is 28.6. The van der Waals surface area contributed by atoms with Crippen LogP contribution in [0.3, 0.4) is 0 Å². The van der Waals surface area contributed by atoms with Crippen LogP contribution in [0.1, 0.15) is 70.5 Å². The van der Waals surface area contributed by atoms with Crippen molar-refractivity contribution in [3.05, 3.63) is 89.2 Å². The monoisotopic (exact) mass is 632 g/mol. The molecule has 0 N–H and O–H groups in total. The Balaban J connectivity index is 0.000000250. The van der Waals surface area contributed by atoms with E-state index in [9.17, 15) is 14.4 Å². The van der Waals surface area contributed by atoms with Crippen LogP contribution < -0.4 is 0 Å². The number of hydrazone groups is 1. The van der Waals surface area contributed by atoms with Crippen molar-refractivity contribution in [1.82, 2.24) is 24.6 Å². The second-order valence-corrected chi connectivity index (χ2v) is 13.4. The maximum atomic E-state index is 12.0. The summed E-state index contributed by atoms with van der Waals surface area (Å²) in [5.41, 5.74) is 3.77. The number of aromatic nitrogens is 2. The van der Waals surface area contributed by atoms with Crippen molar-refractivity contribution in [1.29, 1.82) is 0 Å². The largest absolute Gasteiger partial charge is 0.444 e. The second-order valence-electron chi connectivity index (χ2n) is 13.4. The molecule has 4 rings (SSSR count). The summed E-state index contributed by atoms with van der Waals surface area (Å²) in [7, 11) is 3.36. The van der Waals surface area contributed by atoms with E-state index in [2.05, 4.69) is 22.3 Å². The quantitative estimate of drug-likeness (QED) is 0.291. The second kappa shape index (κ2) is 15.6. The topological polar surface area (TPSA) is 110 Å². The van der Waals surface area contributed by atoms with Gasteiger partial charge in [0.05, 0.1) is 44.0 Å². The number of aryl methyl sites for hydroxylation is 1. The Morgan fingerprint density at radius 2 is 1.26 bits per heavy atom. The van der Waals surface area contributed by atoms with E-state index < -0.39 is 17.3 Å². The van der Waals surface area contributed by atoms with Gasteiger partial charge in [-0.05, 0) is 65.7 Å². The van der Waals surface area contributed by atoms with Crippen LogP contribution in [-0.2, 0) is 33.9 Å². The smallest absolute Gasteiger partial charge is 0.410 e. The van der Waals surface area contributed by atoms with Gasteiger partial charge in [-0.1, -0.05) is 60.7 Å². The number of rotatable bonds is 8. The summed E-state index contributed by atoms with van der Waals surface area (Å²) in [5, 5.41) is 10.4. The molecule has 3 aromatic rings. The first kappa shape index (κ1) is 35.8. The number of nitrogens with zero attached hydrogens (tertiary/aromatic N) is 6. The lowest BCUT2D eigenvalue weighted by Crippen LogP contribution is -2.37. The minimum atomic E-state index is -0.544. The summed E-state index contributed by atoms with van der Waals surface area (Å²) in [4.78, 5) is 39.0. The maximum Gasteiger partial charge on any atom is 0.410 e. The van der Waals surface area contributed by atoms with Crippen LogP contribution >= 0.6 is 0 Å². The van der Waals surface area contributed by atoms with Crippen molar-refractivity contribution in [2.45, 2.75) is 85.7 Å². The Labute approximate surface area is 272 Å². The summed E-state index contributed by atoms with van der Waals surface area (Å²) >= 11 is 0. The number of benzene rings is 2. The molecule has 0 saturated carbocycles. The highest BCUT2D eigenvalue weighted by Crippen LogP contribution is 2.16. The summed E-state index contributed by atoms with van der Waals surface area (Å²) < 4.78 is 12.6. The Hall–Kier alpha value is -4.67. The molecule has 11 nitrogen and oxygen atoms in total. The predicted octanol–water partition coefficient (Wildman–Crippen LogP) is 6.25. The van der Waals surface area contributed by atoms with Gasteiger partial charge in [0.2, 0.25) is 5.91 Å². The first-order valence-electron chi connectivity index (χ1n) is 15.3. The van der Waals surface area contributed by atoms with Crippen LogP contribution in [0, 0.1) is 6.92 Å². The molecule has 11 heteroatoms. The van der Waals surface area contributed by atoms with Gasteiger partial charge < -0.3 is 19.3 Å². The molecule has 3 amide bonds. The molecule has 0 bridgehead atoms. The third-order valence-corrected chi connectivity index (χ3v) is 6.52. The molecule has 1 aliphatic rings. The van der Waals surface area contributed by atoms with Crippen molar-refractivity contribution < 1.29 is 23.9 Å². The van der Waals surface area contributed by atoms with E-state index in [4.69, 9.17) is 9.47 Å². The molecule has 0 aliphatic carbocycles. The van der Waals surface area contributed by atoms with E-state index in [-0.39, 0.29) is 25.0 Å². The van der Waals surface area contributed by atoms with Crippen LogP contribution in [0.25, 0.3) is 0 Å². The minimum Gasteiger partial charge on any atom is -0.444 e. The van der Waals surface area contributed by atoms with Crippen LogP contribution in [-0.4, -0.2) is 80.2 Å². The van der Waals surface area contributed by atoms with Crippen LogP contribution in [0.15, 0.2) is 71.8 Å². The molecule has 248 valence electrons. The molecule has 0 spiro atoms. The Morgan fingerprint density at radius 3 is 1.76 bits per heavy atom.